The maximum Gasteiger partial charge on any atom is 0.143 e. The molecule has 18 nitrogen and oxygen atoms in total. The Bertz CT molecular complexity index is 2330. The molecule has 0 bridgehead atoms. The van der Waals surface area contributed by atoms with Crippen LogP contribution >= 0.6 is 0 Å². The minimum absolute atomic E-state index is 0.00458. The molecule has 2 N–H and O–H groups in total. The quantitative estimate of drug-likeness (QED) is 0.0277. The van der Waals surface area contributed by atoms with Crippen LogP contribution in [0.4, 0.5) is 0 Å². The number of aliphatic hydroxyl groups excluding tert-OH is 2. The molecule has 0 radical (unpaired) electrons. The van der Waals surface area contributed by atoms with Gasteiger partial charge in [0, 0.05) is 14.2 Å². The van der Waals surface area contributed by atoms with Crippen LogP contribution in [0.1, 0.15) is 33.4 Å². The van der Waals surface area contributed by atoms with Crippen LogP contribution in [0.3, 0.4) is 0 Å². The third-order valence-electron chi connectivity index (χ3n) is 13.9. The molecule has 0 amide bonds. The first-order valence-corrected chi connectivity index (χ1v) is 28.3. The molecule has 0 saturated carbocycles. The second kappa shape index (κ2) is 38.1. The van der Waals surface area contributed by atoms with E-state index in [1.807, 2.05) is 158 Å². The molecule has 0 heterocycles. The Labute approximate surface area is 495 Å². The van der Waals surface area contributed by atoms with E-state index in [1.165, 1.54) is 0 Å². The molecule has 0 aliphatic heterocycles. The van der Waals surface area contributed by atoms with Gasteiger partial charge >= 0.3 is 0 Å². The summed E-state index contributed by atoms with van der Waals surface area (Å²) in [7, 11) is 9.69. The minimum Gasteiger partial charge on any atom is -0.497 e. The Kier molecular flexibility index (Phi) is 30.4. The van der Waals surface area contributed by atoms with Gasteiger partial charge in [-0.3, -0.25) is 0 Å². The van der Waals surface area contributed by atoms with Gasteiger partial charge in [-0.15, -0.1) is 0 Å². The predicted octanol–water partition coefficient (Wildman–Crippen LogP) is 7.92. The van der Waals surface area contributed by atoms with Crippen molar-refractivity contribution in [2.45, 2.75) is 35.6 Å². The first-order chi connectivity index (χ1) is 41.3. The number of hydrogen-bond donors (Lipinski definition) is 2. The number of aliphatic hydroxyl groups is 2. The van der Waals surface area contributed by atoms with Crippen LogP contribution in [0, 0.1) is 0 Å². The number of benzene rings is 6. The summed E-state index contributed by atoms with van der Waals surface area (Å²) in [5.41, 5.74) is 1.97. The van der Waals surface area contributed by atoms with Crippen LogP contribution in [0.2, 0.25) is 0 Å². The lowest BCUT2D eigenvalue weighted by atomic mass is 9.79. The lowest BCUT2D eigenvalue weighted by Gasteiger charge is -2.40. The standard InChI is InChI=1S/C66H86O18/c1-69-33-35-75-37-39-77-41-43-79-45-47-81-61(49-83-65(51-13-9-7-10-14-51,53-17-25-57(71-3)26-18-53)54-19-27-58(72-4)28-20-54)63(67)64(68)62(82-48-46-80-44-42-78-40-38-76-36-34-70-2)50-84-66(52-15-11-8-12-16-52,55-21-29-59(73-5)30-22-55)56-23-31-60(74-6)32-24-56/h7-32,61-64,67-68H,33-50H2,1-6H3/t61-,62-,63-,64-/m0/s1. The molecule has 18 heteroatoms. The fourth-order valence-electron chi connectivity index (χ4n) is 9.38. The van der Waals surface area contributed by atoms with E-state index in [2.05, 4.69) is 0 Å². The maximum atomic E-state index is 12.9. The third kappa shape index (κ3) is 20.0. The monoisotopic (exact) mass is 1170 g/mol. The molecule has 0 aliphatic carbocycles. The normalized spacial score (nSPS) is 13.3. The molecule has 458 valence electrons. The summed E-state index contributed by atoms with van der Waals surface area (Å²) in [5, 5.41) is 25.7. The first-order valence-electron chi connectivity index (χ1n) is 28.3. The zero-order chi connectivity index (χ0) is 59.5. The number of rotatable bonds is 45. The van der Waals surface area contributed by atoms with Gasteiger partial charge in [-0.05, 0) is 81.9 Å². The SMILES string of the molecule is COCCOCCOCCOCCO[C@@H](COC(c1ccccc1)(c1ccc(OC)cc1)c1ccc(OC)cc1)[C@H](O)[C@@H](O)[C@H](COC(c1ccccc1)(c1ccc(OC)cc1)c1ccc(OC)cc1)OCCOCCOCCOCCOC. The van der Waals surface area contributed by atoms with Gasteiger partial charge in [0.2, 0.25) is 0 Å². The van der Waals surface area contributed by atoms with E-state index >= 15 is 0 Å². The highest BCUT2D eigenvalue weighted by atomic mass is 16.6. The molecular formula is C66H86O18. The molecule has 6 rings (SSSR count). The minimum atomic E-state index is -1.66. The fraction of sp³-hybridized carbons (Fsp3) is 0.455. The van der Waals surface area contributed by atoms with Crippen LogP contribution in [-0.4, -0.2) is 196 Å². The van der Waals surface area contributed by atoms with Crippen molar-refractivity contribution in [1.82, 2.24) is 0 Å². The van der Waals surface area contributed by atoms with Gasteiger partial charge in [0.15, 0.2) is 0 Å². The van der Waals surface area contributed by atoms with Crippen molar-refractivity contribution >= 4 is 0 Å². The summed E-state index contributed by atoms with van der Waals surface area (Å²) >= 11 is 0. The van der Waals surface area contributed by atoms with E-state index in [4.69, 9.17) is 75.8 Å². The van der Waals surface area contributed by atoms with Crippen LogP contribution in [-0.2, 0) is 68.0 Å². The van der Waals surface area contributed by atoms with E-state index < -0.39 is 35.6 Å². The molecule has 0 saturated heterocycles. The van der Waals surface area contributed by atoms with Gasteiger partial charge < -0.3 is 86.0 Å². The lowest BCUT2D eigenvalue weighted by Crippen LogP contribution is -2.52. The molecule has 0 aliphatic rings. The van der Waals surface area contributed by atoms with Crippen molar-refractivity contribution in [3.8, 4) is 23.0 Å². The summed E-state index contributed by atoms with van der Waals surface area (Å²) in [4.78, 5) is 0. The summed E-state index contributed by atoms with van der Waals surface area (Å²) in [5.74, 6) is 2.60. The average molecular weight is 1170 g/mol. The molecule has 0 unspecified atom stereocenters. The molecule has 6 aromatic rings. The largest absolute Gasteiger partial charge is 0.497 e. The van der Waals surface area contributed by atoms with Crippen molar-refractivity contribution in [2.24, 2.45) is 0 Å². The van der Waals surface area contributed by atoms with Gasteiger partial charge in [-0.1, -0.05) is 109 Å². The van der Waals surface area contributed by atoms with E-state index in [0.29, 0.717) is 89.1 Å². The van der Waals surface area contributed by atoms with Gasteiger partial charge in [0.1, 0.15) is 58.6 Å². The smallest absolute Gasteiger partial charge is 0.143 e. The van der Waals surface area contributed by atoms with E-state index in [-0.39, 0.29) is 52.9 Å². The van der Waals surface area contributed by atoms with Crippen molar-refractivity contribution in [1.29, 1.82) is 0 Å². The van der Waals surface area contributed by atoms with Crippen molar-refractivity contribution in [2.75, 3.05) is 162 Å². The average Bonchev–Trinajstić information content (AvgIpc) is 1.53. The second-order valence-electron chi connectivity index (χ2n) is 19.1. The highest BCUT2D eigenvalue weighted by Gasteiger charge is 2.44. The third-order valence-corrected chi connectivity index (χ3v) is 13.9. The Balaban J connectivity index is 1.35. The van der Waals surface area contributed by atoms with Gasteiger partial charge in [-0.2, -0.15) is 0 Å². The highest BCUT2D eigenvalue weighted by molar-refractivity contribution is 5.51. The zero-order valence-electron chi connectivity index (χ0n) is 49.5. The number of methoxy groups -OCH3 is 6. The second-order valence-corrected chi connectivity index (χ2v) is 19.1. The van der Waals surface area contributed by atoms with E-state index in [0.717, 1.165) is 33.4 Å². The van der Waals surface area contributed by atoms with Gasteiger partial charge in [-0.25, -0.2) is 0 Å². The number of ether oxygens (including phenoxy) is 16. The summed E-state index contributed by atoms with van der Waals surface area (Å²) in [6.07, 6.45) is -5.73. The molecule has 84 heavy (non-hydrogen) atoms. The summed E-state index contributed by atoms with van der Waals surface area (Å²) < 4.78 is 94.6. The molecule has 0 aromatic heterocycles. The fourth-order valence-corrected chi connectivity index (χ4v) is 9.38. The summed E-state index contributed by atoms with van der Waals surface area (Å²) in [6.45, 7) is 4.54. The first kappa shape index (κ1) is 67.1. The van der Waals surface area contributed by atoms with E-state index in [1.54, 1.807) is 42.7 Å². The Hall–Kier alpha value is -6.04. The van der Waals surface area contributed by atoms with E-state index in [9.17, 15) is 10.2 Å². The topological polar surface area (TPSA) is 188 Å². The molecule has 0 fully saturated rings. The van der Waals surface area contributed by atoms with Crippen molar-refractivity contribution < 1.29 is 86.0 Å². The van der Waals surface area contributed by atoms with Gasteiger partial charge in [0.25, 0.3) is 0 Å². The highest BCUT2D eigenvalue weighted by Crippen LogP contribution is 2.44. The molecule has 4 atom stereocenters. The van der Waals surface area contributed by atoms with Gasteiger partial charge in [0.05, 0.1) is 147 Å². The summed E-state index contributed by atoms with van der Waals surface area (Å²) in [6, 6.07) is 50.1. The Morgan fingerprint density at radius 3 is 0.750 bits per heavy atom. The zero-order valence-corrected chi connectivity index (χ0v) is 49.5. The van der Waals surface area contributed by atoms with Crippen LogP contribution in [0.25, 0.3) is 0 Å². The molecule has 6 aromatic carbocycles. The van der Waals surface area contributed by atoms with Crippen LogP contribution in [0.5, 0.6) is 23.0 Å². The van der Waals surface area contributed by atoms with Crippen LogP contribution in [0.15, 0.2) is 158 Å². The van der Waals surface area contributed by atoms with Crippen molar-refractivity contribution in [3.63, 3.8) is 0 Å². The molecular weight excluding hydrogens is 1080 g/mol. The predicted molar refractivity (Wildman–Crippen MR) is 317 cm³/mol. The Morgan fingerprint density at radius 1 is 0.286 bits per heavy atom. The van der Waals surface area contributed by atoms with Crippen molar-refractivity contribution in [3.05, 3.63) is 191 Å². The van der Waals surface area contributed by atoms with Crippen LogP contribution < -0.4 is 18.9 Å². The number of hydrogen-bond acceptors (Lipinski definition) is 18. The molecule has 0 spiro atoms. The Morgan fingerprint density at radius 2 is 0.512 bits per heavy atom. The maximum absolute atomic E-state index is 12.9. The lowest BCUT2D eigenvalue weighted by molar-refractivity contribution is -0.181.